The van der Waals surface area contributed by atoms with E-state index in [9.17, 15) is 0 Å². The van der Waals surface area contributed by atoms with Gasteiger partial charge in [-0.25, -0.2) is 0 Å². The number of hydrogen-bond acceptors (Lipinski definition) is 3. The molecule has 1 fully saturated rings. The van der Waals surface area contributed by atoms with Crippen LogP contribution < -0.4 is 5.32 Å². The average molecular weight is 356 g/mol. The highest BCUT2D eigenvalue weighted by atomic mass is 79.9. The van der Waals surface area contributed by atoms with Gasteiger partial charge in [-0.05, 0) is 42.5 Å². The predicted octanol–water partition coefficient (Wildman–Crippen LogP) is 3.89. The summed E-state index contributed by atoms with van der Waals surface area (Å²) >= 11 is 3.66. The summed E-state index contributed by atoms with van der Waals surface area (Å²) in [7, 11) is 0. The summed E-state index contributed by atoms with van der Waals surface area (Å²) in [6.07, 6.45) is 2.36. The SMILES string of the molecule is CC(C)CNCc1ccc(COC2CCOCC2)c(Br)c1. The summed E-state index contributed by atoms with van der Waals surface area (Å²) in [5, 5.41) is 3.47. The van der Waals surface area contributed by atoms with Gasteiger partial charge in [0, 0.05) is 24.2 Å². The Hall–Kier alpha value is -0.420. The second-order valence-corrected chi connectivity index (χ2v) is 6.93. The first kappa shape index (κ1) is 16.9. The number of ether oxygens (including phenoxy) is 2. The lowest BCUT2D eigenvalue weighted by Gasteiger charge is -2.22. The van der Waals surface area contributed by atoms with Crippen molar-refractivity contribution in [1.29, 1.82) is 0 Å². The summed E-state index contributed by atoms with van der Waals surface area (Å²) < 4.78 is 12.5. The van der Waals surface area contributed by atoms with Crippen molar-refractivity contribution in [2.75, 3.05) is 19.8 Å². The van der Waals surface area contributed by atoms with Gasteiger partial charge in [0.25, 0.3) is 0 Å². The summed E-state index contributed by atoms with van der Waals surface area (Å²) in [4.78, 5) is 0. The first-order valence-electron chi connectivity index (χ1n) is 7.82. The maximum atomic E-state index is 5.98. The van der Waals surface area contributed by atoms with E-state index < -0.39 is 0 Å². The smallest absolute Gasteiger partial charge is 0.0731 e. The molecule has 21 heavy (non-hydrogen) atoms. The highest BCUT2D eigenvalue weighted by Crippen LogP contribution is 2.21. The lowest BCUT2D eigenvalue weighted by Crippen LogP contribution is -2.23. The molecule has 1 aliphatic heterocycles. The van der Waals surface area contributed by atoms with Crippen molar-refractivity contribution in [2.24, 2.45) is 5.92 Å². The molecule has 0 unspecified atom stereocenters. The topological polar surface area (TPSA) is 30.5 Å². The number of hydrogen-bond donors (Lipinski definition) is 1. The third-order valence-corrected chi connectivity index (χ3v) is 4.38. The minimum Gasteiger partial charge on any atom is -0.381 e. The molecule has 4 heteroatoms. The van der Waals surface area contributed by atoms with Gasteiger partial charge in [-0.2, -0.15) is 0 Å². The maximum absolute atomic E-state index is 5.98. The standard InChI is InChI=1S/C17H26BrNO2/c1-13(2)10-19-11-14-3-4-15(17(18)9-14)12-21-16-5-7-20-8-6-16/h3-4,9,13,16,19H,5-8,10-12H2,1-2H3. The van der Waals surface area contributed by atoms with Gasteiger partial charge in [0.05, 0.1) is 12.7 Å². The van der Waals surface area contributed by atoms with Gasteiger partial charge in [0.15, 0.2) is 0 Å². The molecule has 0 amide bonds. The van der Waals surface area contributed by atoms with Crippen LogP contribution in [0.5, 0.6) is 0 Å². The molecule has 1 aromatic carbocycles. The molecule has 1 N–H and O–H groups in total. The molecular formula is C17H26BrNO2. The van der Waals surface area contributed by atoms with Crippen molar-refractivity contribution in [3.8, 4) is 0 Å². The second-order valence-electron chi connectivity index (χ2n) is 6.07. The molecule has 2 rings (SSSR count). The van der Waals surface area contributed by atoms with Gasteiger partial charge in [-0.3, -0.25) is 0 Å². The quantitative estimate of drug-likeness (QED) is 0.804. The first-order valence-corrected chi connectivity index (χ1v) is 8.62. The van der Waals surface area contributed by atoms with Crippen LogP contribution in [0.15, 0.2) is 22.7 Å². The van der Waals surface area contributed by atoms with E-state index in [1.54, 1.807) is 0 Å². The van der Waals surface area contributed by atoms with E-state index in [1.807, 2.05) is 0 Å². The van der Waals surface area contributed by atoms with Crippen molar-refractivity contribution in [3.63, 3.8) is 0 Å². The fourth-order valence-electron chi connectivity index (χ4n) is 2.37. The molecule has 1 saturated heterocycles. The van der Waals surface area contributed by atoms with Crippen LogP contribution in [0.25, 0.3) is 0 Å². The molecule has 118 valence electrons. The van der Waals surface area contributed by atoms with E-state index in [4.69, 9.17) is 9.47 Å². The highest BCUT2D eigenvalue weighted by Gasteiger charge is 2.14. The van der Waals surface area contributed by atoms with Crippen LogP contribution in [0.2, 0.25) is 0 Å². The molecule has 0 saturated carbocycles. The van der Waals surface area contributed by atoms with Crippen LogP contribution in [0.3, 0.4) is 0 Å². The van der Waals surface area contributed by atoms with E-state index >= 15 is 0 Å². The van der Waals surface area contributed by atoms with E-state index in [0.29, 0.717) is 18.6 Å². The molecule has 0 atom stereocenters. The minimum atomic E-state index is 0.345. The van der Waals surface area contributed by atoms with Crippen molar-refractivity contribution < 1.29 is 9.47 Å². The first-order chi connectivity index (χ1) is 10.1. The Kier molecular flexibility index (Phi) is 7.17. The van der Waals surface area contributed by atoms with E-state index in [0.717, 1.165) is 43.6 Å². The van der Waals surface area contributed by atoms with Crippen LogP contribution >= 0.6 is 15.9 Å². The summed E-state index contributed by atoms with van der Waals surface area (Å²) in [6, 6.07) is 6.53. The van der Waals surface area contributed by atoms with Crippen molar-refractivity contribution in [3.05, 3.63) is 33.8 Å². The number of rotatable bonds is 7. The fourth-order valence-corrected chi connectivity index (χ4v) is 2.91. The van der Waals surface area contributed by atoms with Crippen LogP contribution in [-0.4, -0.2) is 25.9 Å². The fraction of sp³-hybridized carbons (Fsp3) is 0.647. The maximum Gasteiger partial charge on any atom is 0.0731 e. The van der Waals surface area contributed by atoms with Gasteiger partial charge in [0.2, 0.25) is 0 Å². The van der Waals surface area contributed by atoms with Crippen molar-refractivity contribution in [2.45, 2.75) is 45.9 Å². The van der Waals surface area contributed by atoms with E-state index in [2.05, 4.69) is 53.3 Å². The van der Waals surface area contributed by atoms with Crippen LogP contribution in [0, 0.1) is 5.92 Å². The summed E-state index contributed by atoms with van der Waals surface area (Å²) in [5.74, 6) is 0.681. The van der Waals surface area contributed by atoms with Crippen LogP contribution in [0.1, 0.15) is 37.8 Å². The normalized spacial score (nSPS) is 16.6. The zero-order valence-electron chi connectivity index (χ0n) is 13.0. The van der Waals surface area contributed by atoms with Crippen LogP contribution in [-0.2, 0) is 22.6 Å². The number of benzene rings is 1. The predicted molar refractivity (Wildman–Crippen MR) is 89.3 cm³/mol. The number of halogens is 1. The second kappa shape index (κ2) is 8.89. The Morgan fingerprint density at radius 2 is 2.10 bits per heavy atom. The molecular weight excluding hydrogens is 330 g/mol. The number of nitrogens with one attached hydrogen (secondary N) is 1. The molecule has 0 bridgehead atoms. The lowest BCUT2D eigenvalue weighted by molar-refractivity contribution is -0.0392. The van der Waals surface area contributed by atoms with Gasteiger partial charge in [-0.15, -0.1) is 0 Å². The molecule has 0 aliphatic carbocycles. The largest absolute Gasteiger partial charge is 0.381 e. The summed E-state index contributed by atoms with van der Waals surface area (Å²) in [5.41, 5.74) is 2.52. The molecule has 1 aliphatic rings. The Bertz CT molecular complexity index is 431. The van der Waals surface area contributed by atoms with Crippen molar-refractivity contribution >= 4 is 15.9 Å². The molecule has 1 heterocycles. The third-order valence-electron chi connectivity index (χ3n) is 3.64. The summed E-state index contributed by atoms with van der Waals surface area (Å²) in [6.45, 7) is 8.73. The van der Waals surface area contributed by atoms with Gasteiger partial charge >= 0.3 is 0 Å². The molecule has 0 radical (unpaired) electrons. The van der Waals surface area contributed by atoms with Gasteiger partial charge < -0.3 is 14.8 Å². The molecule has 1 aromatic rings. The Morgan fingerprint density at radius 3 is 2.76 bits per heavy atom. The molecule has 0 aromatic heterocycles. The van der Waals surface area contributed by atoms with Crippen LogP contribution in [0.4, 0.5) is 0 Å². The lowest BCUT2D eigenvalue weighted by atomic mass is 10.1. The Balaban J connectivity index is 1.80. The Morgan fingerprint density at radius 1 is 1.33 bits per heavy atom. The van der Waals surface area contributed by atoms with Gasteiger partial charge in [0.1, 0.15) is 0 Å². The molecule has 3 nitrogen and oxygen atoms in total. The average Bonchev–Trinajstić information content (AvgIpc) is 2.47. The zero-order chi connectivity index (χ0) is 15.1. The third kappa shape index (κ3) is 6.07. The monoisotopic (exact) mass is 355 g/mol. The zero-order valence-corrected chi connectivity index (χ0v) is 14.6. The molecule has 0 spiro atoms. The minimum absolute atomic E-state index is 0.345. The highest BCUT2D eigenvalue weighted by molar-refractivity contribution is 9.10. The Labute approximate surface area is 136 Å². The van der Waals surface area contributed by atoms with Gasteiger partial charge in [-0.1, -0.05) is 41.9 Å². The van der Waals surface area contributed by atoms with E-state index in [1.165, 1.54) is 11.1 Å². The van der Waals surface area contributed by atoms with Crippen molar-refractivity contribution in [1.82, 2.24) is 5.32 Å². The van der Waals surface area contributed by atoms with E-state index in [-0.39, 0.29) is 0 Å².